The Bertz CT molecular complexity index is 457. The summed E-state index contributed by atoms with van der Waals surface area (Å²) in [5, 5.41) is 10.7. The van der Waals surface area contributed by atoms with Crippen molar-refractivity contribution in [1.82, 2.24) is 20.4 Å². The summed E-state index contributed by atoms with van der Waals surface area (Å²) in [6.07, 6.45) is 0.466. The monoisotopic (exact) mass is 296 g/mol. The maximum absolute atomic E-state index is 11.6. The zero-order valence-electron chi connectivity index (χ0n) is 13.8. The largest absolute Gasteiger partial charge is 0.383 e. The SMILES string of the molecule is CCn1nc(C)c(C(C)NCCC(=O)NCCOC)c1C. The molecule has 6 heteroatoms. The lowest BCUT2D eigenvalue weighted by atomic mass is 10.1. The van der Waals surface area contributed by atoms with Gasteiger partial charge in [0.15, 0.2) is 0 Å². The van der Waals surface area contributed by atoms with Crippen LogP contribution in [-0.2, 0) is 16.1 Å². The molecule has 1 heterocycles. The summed E-state index contributed by atoms with van der Waals surface area (Å²) in [6, 6.07) is 0.192. The number of carbonyl (C=O) groups excluding carboxylic acids is 1. The van der Waals surface area contributed by atoms with Crippen LogP contribution < -0.4 is 10.6 Å². The van der Waals surface area contributed by atoms with Crippen molar-refractivity contribution in [2.45, 2.75) is 46.7 Å². The second-order valence-electron chi connectivity index (χ2n) is 5.17. The molecule has 1 rings (SSSR count). The van der Waals surface area contributed by atoms with Gasteiger partial charge in [0, 0.05) is 50.5 Å². The molecule has 0 fully saturated rings. The Kier molecular flexibility index (Phi) is 7.39. The van der Waals surface area contributed by atoms with Gasteiger partial charge in [-0.2, -0.15) is 5.10 Å². The van der Waals surface area contributed by atoms with Crippen molar-refractivity contribution in [3.63, 3.8) is 0 Å². The molecule has 0 aliphatic heterocycles. The Morgan fingerprint density at radius 1 is 1.38 bits per heavy atom. The number of nitrogens with zero attached hydrogens (tertiary/aromatic N) is 2. The zero-order valence-corrected chi connectivity index (χ0v) is 13.8. The molecule has 0 bridgehead atoms. The first-order valence-electron chi connectivity index (χ1n) is 7.54. The van der Waals surface area contributed by atoms with E-state index in [-0.39, 0.29) is 11.9 Å². The molecule has 0 saturated heterocycles. The topological polar surface area (TPSA) is 68.2 Å². The van der Waals surface area contributed by atoms with Crippen LogP contribution in [-0.4, -0.2) is 42.5 Å². The molecule has 0 radical (unpaired) electrons. The van der Waals surface area contributed by atoms with Crippen LogP contribution in [0.4, 0.5) is 0 Å². The Morgan fingerprint density at radius 3 is 2.67 bits per heavy atom. The van der Waals surface area contributed by atoms with E-state index < -0.39 is 0 Å². The lowest BCUT2D eigenvalue weighted by molar-refractivity contribution is -0.121. The van der Waals surface area contributed by atoms with E-state index in [9.17, 15) is 4.79 Å². The molecule has 6 nitrogen and oxygen atoms in total. The fraction of sp³-hybridized carbons (Fsp3) is 0.733. The third-order valence-corrected chi connectivity index (χ3v) is 3.60. The van der Waals surface area contributed by atoms with Crippen molar-refractivity contribution in [3.8, 4) is 0 Å². The molecule has 1 atom stereocenters. The number of amides is 1. The molecule has 0 aliphatic rings. The number of nitrogens with one attached hydrogen (secondary N) is 2. The van der Waals surface area contributed by atoms with E-state index >= 15 is 0 Å². The standard InChI is InChI=1S/C15H28N4O2/c1-6-19-13(4)15(12(3)18-19)11(2)16-8-7-14(20)17-9-10-21-5/h11,16H,6-10H2,1-5H3,(H,17,20). The molecule has 0 spiro atoms. The summed E-state index contributed by atoms with van der Waals surface area (Å²) in [5.41, 5.74) is 3.48. The first kappa shape index (κ1) is 17.7. The van der Waals surface area contributed by atoms with Crippen molar-refractivity contribution >= 4 is 5.91 Å². The zero-order chi connectivity index (χ0) is 15.8. The first-order chi connectivity index (χ1) is 10.0. The average Bonchev–Trinajstić information content (AvgIpc) is 2.73. The van der Waals surface area contributed by atoms with Gasteiger partial charge in [-0.25, -0.2) is 0 Å². The lowest BCUT2D eigenvalue weighted by Gasteiger charge is -2.15. The number of rotatable bonds is 9. The second kappa shape index (κ2) is 8.79. The molecule has 1 aromatic rings. The van der Waals surface area contributed by atoms with Gasteiger partial charge in [-0.1, -0.05) is 0 Å². The molecule has 1 aromatic heterocycles. The van der Waals surface area contributed by atoms with Crippen molar-refractivity contribution in [2.24, 2.45) is 0 Å². The number of hydrogen-bond donors (Lipinski definition) is 2. The summed E-state index contributed by atoms with van der Waals surface area (Å²) in [7, 11) is 1.62. The number of aryl methyl sites for hydroxylation is 2. The minimum atomic E-state index is 0.0458. The Balaban J connectivity index is 2.42. The van der Waals surface area contributed by atoms with Gasteiger partial charge in [-0.3, -0.25) is 9.48 Å². The third kappa shape index (κ3) is 5.13. The lowest BCUT2D eigenvalue weighted by Crippen LogP contribution is -2.31. The van der Waals surface area contributed by atoms with Gasteiger partial charge >= 0.3 is 0 Å². The highest BCUT2D eigenvalue weighted by Crippen LogP contribution is 2.21. The number of methoxy groups -OCH3 is 1. The van der Waals surface area contributed by atoms with Crippen LogP contribution in [0.15, 0.2) is 0 Å². The van der Waals surface area contributed by atoms with Crippen LogP contribution in [0.3, 0.4) is 0 Å². The molecule has 2 N–H and O–H groups in total. The fourth-order valence-electron chi connectivity index (χ4n) is 2.53. The number of carbonyl (C=O) groups is 1. The molecular weight excluding hydrogens is 268 g/mol. The van der Waals surface area contributed by atoms with Crippen molar-refractivity contribution in [1.29, 1.82) is 0 Å². The van der Waals surface area contributed by atoms with Gasteiger partial charge in [-0.05, 0) is 27.7 Å². The van der Waals surface area contributed by atoms with Gasteiger partial charge < -0.3 is 15.4 Å². The molecular formula is C15H28N4O2. The molecule has 21 heavy (non-hydrogen) atoms. The third-order valence-electron chi connectivity index (χ3n) is 3.60. The van der Waals surface area contributed by atoms with Gasteiger partial charge in [0.2, 0.25) is 5.91 Å². The smallest absolute Gasteiger partial charge is 0.221 e. The molecule has 120 valence electrons. The van der Waals surface area contributed by atoms with E-state index in [1.165, 1.54) is 11.3 Å². The van der Waals surface area contributed by atoms with Gasteiger partial charge in [0.05, 0.1) is 12.3 Å². The number of hydrogen-bond acceptors (Lipinski definition) is 4. The molecule has 1 unspecified atom stereocenters. The minimum absolute atomic E-state index is 0.0458. The van der Waals surface area contributed by atoms with E-state index in [0.717, 1.165) is 12.2 Å². The first-order valence-corrected chi connectivity index (χ1v) is 7.54. The van der Waals surface area contributed by atoms with Crippen molar-refractivity contribution < 1.29 is 9.53 Å². The summed E-state index contributed by atoms with van der Waals surface area (Å²) in [4.78, 5) is 11.6. The molecule has 0 aromatic carbocycles. The Morgan fingerprint density at radius 2 is 2.10 bits per heavy atom. The van der Waals surface area contributed by atoms with Crippen LogP contribution in [0, 0.1) is 13.8 Å². The van der Waals surface area contributed by atoms with Gasteiger partial charge in [0.25, 0.3) is 0 Å². The maximum Gasteiger partial charge on any atom is 0.221 e. The van der Waals surface area contributed by atoms with Crippen molar-refractivity contribution in [2.75, 3.05) is 26.8 Å². The van der Waals surface area contributed by atoms with Crippen LogP contribution >= 0.6 is 0 Å². The summed E-state index contributed by atoms with van der Waals surface area (Å²) in [6.45, 7) is 11.0. The highest BCUT2D eigenvalue weighted by Gasteiger charge is 2.16. The van der Waals surface area contributed by atoms with E-state index in [0.29, 0.717) is 26.1 Å². The molecule has 0 saturated carbocycles. The van der Waals surface area contributed by atoms with Crippen molar-refractivity contribution in [3.05, 3.63) is 17.0 Å². The normalized spacial score (nSPS) is 12.4. The quantitative estimate of drug-likeness (QED) is 0.675. The fourth-order valence-corrected chi connectivity index (χ4v) is 2.53. The van der Waals surface area contributed by atoms with Crippen LogP contribution in [0.2, 0.25) is 0 Å². The van der Waals surface area contributed by atoms with Gasteiger partial charge in [-0.15, -0.1) is 0 Å². The van der Waals surface area contributed by atoms with Crippen LogP contribution in [0.1, 0.15) is 43.3 Å². The summed E-state index contributed by atoms with van der Waals surface area (Å²) in [5.74, 6) is 0.0458. The summed E-state index contributed by atoms with van der Waals surface area (Å²) >= 11 is 0. The highest BCUT2D eigenvalue weighted by molar-refractivity contribution is 5.76. The van der Waals surface area contributed by atoms with Crippen LogP contribution in [0.5, 0.6) is 0 Å². The minimum Gasteiger partial charge on any atom is -0.383 e. The second-order valence-corrected chi connectivity index (χ2v) is 5.17. The Labute approximate surface area is 127 Å². The van der Waals surface area contributed by atoms with Crippen LogP contribution in [0.25, 0.3) is 0 Å². The predicted molar refractivity (Wildman–Crippen MR) is 83.3 cm³/mol. The highest BCUT2D eigenvalue weighted by atomic mass is 16.5. The van der Waals surface area contributed by atoms with E-state index in [4.69, 9.17) is 4.74 Å². The average molecular weight is 296 g/mol. The predicted octanol–water partition coefficient (Wildman–Crippen LogP) is 1.32. The number of ether oxygens (including phenoxy) is 1. The maximum atomic E-state index is 11.6. The van der Waals surface area contributed by atoms with E-state index in [1.54, 1.807) is 7.11 Å². The van der Waals surface area contributed by atoms with Gasteiger partial charge in [0.1, 0.15) is 0 Å². The molecule has 0 aliphatic carbocycles. The summed E-state index contributed by atoms with van der Waals surface area (Å²) < 4.78 is 6.91. The van der Waals surface area contributed by atoms with E-state index in [2.05, 4.69) is 36.5 Å². The van der Waals surface area contributed by atoms with E-state index in [1.807, 2.05) is 11.6 Å². The Hall–Kier alpha value is -1.40. The number of aromatic nitrogens is 2. The molecule has 1 amide bonds.